The molecule has 176 valence electrons. The number of aliphatic hydroxyl groups is 1. The molecule has 1 aromatic heterocycles. The molecule has 2 aliphatic rings. The number of halogens is 1. The minimum absolute atomic E-state index is 0.115. The van der Waals surface area contributed by atoms with Crippen molar-refractivity contribution in [2.75, 3.05) is 12.9 Å². The van der Waals surface area contributed by atoms with Crippen LogP contribution in [0.5, 0.6) is 0 Å². The van der Waals surface area contributed by atoms with Crippen LogP contribution in [0.25, 0.3) is 6.08 Å². The number of amides is 1. The first-order valence-corrected chi connectivity index (χ1v) is 12.5. The zero-order valence-electron chi connectivity index (χ0n) is 18.3. The zero-order valence-corrected chi connectivity index (χ0v) is 19.1. The maximum absolute atomic E-state index is 14.0. The van der Waals surface area contributed by atoms with Gasteiger partial charge < -0.3 is 15.0 Å². The number of rotatable bonds is 6. The number of pyridine rings is 1. The fourth-order valence-corrected chi connectivity index (χ4v) is 6.41. The van der Waals surface area contributed by atoms with Gasteiger partial charge in [0.1, 0.15) is 11.9 Å². The summed E-state index contributed by atoms with van der Waals surface area (Å²) >= 11 is 0. The van der Waals surface area contributed by atoms with Crippen molar-refractivity contribution < 1.29 is 22.7 Å². The molecule has 0 radical (unpaired) electrons. The summed E-state index contributed by atoms with van der Waals surface area (Å²) in [5.41, 5.74) is 0.994. The van der Waals surface area contributed by atoms with Crippen molar-refractivity contribution in [3.05, 3.63) is 75.5 Å². The van der Waals surface area contributed by atoms with Gasteiger partial charge in [0.25, 0.3) is 5.56 Å². The third-order valence-corrected chi connectivity index (χ3v) is 7.68. The molecule has 1 fully saturated rings. The van der Waals surface area contributed by atoms with Crippen LogP contribution in [-0.4, -0.2) is 47.2 Å². The second kappa shape index (κ2) is 8.85. The SMILES string of the molecule is C/C=C/c1ccc2n(c1=O)C[C@@H]1[C@@H](CO)[C@H](C(=O)NCc3ccccc3F)N(S(C)(=O)=O)[C@H]21. The Labute approximate surface area is 191 Å². The lowest BCUT2D eigenvalue weighted by atomic mass is 9.88. The molecule has 0 spiro atoms. The van der Waals surface area contributed by atoms with Crippen LogP contribution >= 0.6 is 0 Å². The molecule has 0 bridgehead atoms. The number of carbonyl (C=O) groups is 1. The predicted molar refractivity (Wildman–Crippen MR) is 121 cm³/mol. The van der Waals surface area contributed by atoms with Crippen LogP contribution in [-0.2, 0) is 27.9 Å². The van der Waals surface area contributed by atoms with Crippen LogP contribution in [0.4, 0.5) is 4.39 Å². The first kappa shape index (κ1) is 23.3. The molecule has 3 heterocycles. The normalized spacial score (nSPS) is 24.7. The lowest BCUT2D eigenvalue weighted by Crippen LogP contribution is -2.50. The number of benzene rings is 1. The monoisotopic (exact) mass is 475 g/mol. The average molecular weight is 476 g/mol. The van der Waals surface area contributed by atoms with Crippen LogP contribution in [0.2, 0.25) is 0 Å². The fourth-order valence-electron chi connectivity index (χ4n) is 5.06. The van der Waals surface area contributed by atoms with Gasteiger partial charge in [-0.15, -0.1) is 0 Å². The topological polar surface area (TPSA) is 109 Å². The van der Waals surface area contributed by atoms with E-state index in [1.807, 2.05) is 0 Å². The van der Waals surface area contributed by atoms with E-state index in [0.717, 1.165) is 10.6 Å². The Kier molecular flexibility index (Phi) is 6.26. The Hall–Kier alpha value is -2.82. The van der Waals surface area contributed by atoms with E-state index >= 15 is 0 Å². The summed E-state index contributed by atoms with van der Waals surface area (Å²) < 4.78 is 42.3. The van der Waals surface area contributed by atoms with E-state index in [9.17, 15) is 27.5 Å². The molecular weight excluding hydrogens is 449 g/mol. The highest BCUT2D eigenvalue weighted by Crippen LogP contribution is 2.50. The largest absolute Gasteiger partial charge is 0.396 e. The van der Waals surface area contributed by atoms with Gasteiger partial charge in [-0.25, -0.2) is 12.8 Å². The smallest absolute Gasteiger partial charge is 0.258 e. The standard InChI is InChI=1S/C23H26FN3O5S/c1-3-6-14-9-10-19-20-16(12-26(19)23(14)30)17(13-28)21(27(20)33(2,31)32)22(29)25-11-15-7-4-5-8-18(15)24/h3-10,16-17,20-21,28H,11-13H2,1-2H3,(H,25,29)/b6-3+/t16-,17-,20+,21-/m1/s1. The van der Waals surface area contributed by atoms with Crippen LogP contribution in [0, 0.1) is 17.7 Å². The first-order chi connectivity index (χ1) is 15.7. The van der Waals surface area contributed by atoms with E-state index in [1.165, 1.54) is 22.8 Å². The van der Waals surface area contributed by atoms with Crippen molar-refractivity contribution in [3.63, 3.8) is 0 Å². The van der Waals surface area contributed by atoms with E-state index < -0.39 is 52.3 Å². The average Bonchev–Trinajstić information content (AvgIpc) is 3.29. The van der Waals surface area contributed by atoms with E-state index in [1.54, 1.807) is 37.3 Å². The summed E-state index contributed by atoms with van der Waals surface area (Å²) in [4.78, 5) is 26.1. The van der Waals surface area contributed by atoms with Gasteiger partial charge in [0.15, 0.2) is 0 Å². The number of allylic oxidation sites excluding steroid dienone is 1. The van der Waals surface area contributed by atoms with Crippen molar-refractivity contribution in [2.24, 2.45) is 11.8 Å². The number of aromatic nitrogens is 1. The minimum Gasteiger partial charge on any atom is -0.396 e. The Morgan fingerprint density at radius 1 is 1.27 bits per heavy atom. The number of carbonyl (C=O) groups excluding carboxylic acids is 1. The highest BCUT2D eigenvalue weighted by molar-refractivity contribution is 7.88. The Morgan fingerprint density at radius 3 is 2.64 bits per heavy atom. The van der Waals surface area contributed by atoms with Crippen LogP contribution in [0.3, 0.4) is 0 Å². The van der Waals surface area contributed by atoms with Crippen molar-refractivity contribution in [1.82, 2.24) is 14.2 Å². The molecule has 4 atom stereocenters. The summed E-state index contributed by atoms with van der Waals surface area (Å²) in [5, 5.41) is 12.8. The van der Waals surface area contributed by atoms with Crippen molar-refractivity contribution >= 4 is 22.0 Å². The summed E-state index contributed by atoms with van der Waals surface area (Å²) in [6.07, 6.45) is 4.44. The van der Waals surface area contributed by atoms with Gasteiger partial charge in [-0.2, -0.15) is 4.31 Å². The predicted octanol–water partition coefficient (Wildman–Crippen LogP) is 1.26. The number of nitrogens with zero attached hydrogens (tertiary/aromatic N) is 2. The van der Waals surface area contributed by atoms with E-state index in [4.69, 9.17) is 0 Å². The molecule has 33 heavy (non-hydrogen) atoms. The number of sulfonamides is 1. The molecule has 2 aliphatic heterocycles. The molecule has 0 unspecified atom stereocenters. The van der Waals surface area contributed by atoms with Crippen LogP contribution < -0.4 is 10.9 Å². The highest BCUT2D eigenvalue weighted by atomic mass is 32.2. The number of fused-ring (bicyclic) bond motifs is 3. The molecule has 1 amide bonds. The fraction of sp³-hybridized carbons (Fsp3) is 0.391. The van der Waals surface area contributed by atoms with Gasteiger partial charge in [0.05, 0.1) is 12.3 Å². The van der Waals surface area contributed by atoms with Crippen LogP contribution in [0.15, 0.2) is 47.3 Å². The third kappa shape index (κ3) is 4.03. The summed E-state index contributed by atoms with van der Waals surface area (Å²) in [6, 6.07) is 7.39. The molecular formula is C23H26FN3O5S. The van der Waals surface area contributed by atoms with Gasteiger partial charge in [-0.1, -0.05) is 30.4 Å². The summed E-state index contributed by atoms with van der Waals surface area (Å²) in [5.74, 6) is -2.28. The maximum Gasteiger partial charge on any atom is 0.258 e. The Morgan fingerprint density at radius 2 is 2.00 bits per heavy atom. The van der Waals surface area contributed by atoms with E-state index in [0.29, 0.717) is 11.3 Å². The number of hydrogen-bond acceptors (Lipinski definition) is 5. The van der Waals surface area contributed by atoms with Crippen molar-refractivity contribution in [2.45, 2.75) is 32.1 Å². The van der Waals surface area contributed by atoms with E-state index in [2.05, 4.69) is 5.32 Å². The lowest BCUT2D eigenvalue weighted by molar-refractivity contribution is -0.126. The van der Waals surface area contributed by atoms with E-state index in [-0.39, 0.29) is 24.2 Å². The van der Waals surface area contributed by atoms with Gasteiger partial charge in [-0.3, -0.25) is 9.59 Å². The van der Waals surface area contributed by atoms with Crippen LogP contribution in [0.1, 0.15) is 29.8 Å². The third-order valence-electron chi connectivity index (χ3n) is 6.46. The van der Waals surface area contributed by atoms with Gasteiger partial charge in [0, 0.05) is 48.4 Å². The van der Waals surface area contributed by atoms with Gasteiger partial charge >= 0.3 is 0 Å². The molecule has 4 rings (SSSR count). The van der Waals surface area contributed by atoms with Gasteiger partial charge in [-0.05, 0) is 25.1 Å². The molecule has 10 heteroatoms. The van der Waals surface area contributed by atoms with Crippen molar-refractivity contribution in [1.29, 1.82) is 0 Å². The first-order valence-electron chi connectivity index (χ1n) is 10.7. The molecule has 2 N–H and O–H groups in total. The number of aliphatic hydroxyl groups excluding tert-OH is 1. The Bertz CT molecular complexity index is 1270. The molecule has 0 aliphatic carbocycles. The van der Waals surface area contributed by atoms with Gasteiger partial charge in [0.2, 0.25) is 15.9 Å². The number of nitrogens with one attached hydrogen (secondary N) is 1. The highest BCUT2D eigenvalue weighted by Gasteiger charge is 2.58. The maximum atomic E-state index is 14.0. The van der Waals surface area contributed by atoms with Crippen molar-refractivity contribution in [3.8, 4) is 0 Å². The summed E-state index contributed by atoms with van der Waals surface area (Å²) in [6.45, 7) is 1.44. The summed E-state index contributed by atoms with van der Waals surface area (Å²) in [7, 11) is -3.90. The quantitative estimate of drug-likeness (QED) is 0.654. The second-order valence-electron chi connectivity index (χ2n) is 8.43. The molecule has 2 aromatic rings. The molecule has 8 nitrogen and oxygen atoms in total. The molecule has 1 aromatic carbocycles. The number of hydrogen-bond donors (Lipinski definition) is 2. The lowest BCUT2D eigenvalue weighted by Gasteiger charge is -2.28. The zero-order chi connectivity index (χ0) is 23.9. The molecule has 0 saturated carbocycles. The Balaban J connectivity index is 1.71. The minimum atomic E-state index is -3.90. The second-order valence-corrected chi connectivity index (χ2v) is 10.3. The molecule has 1 saturated heterocycles.